The molecule has 0 bridgehead atoms. The Morgan fingerprint density at radius 3 is 2.80 bits per heavy atom. The van der Waals surface area contributed by atoms with Crippen LogP contribution in [0.5, 0.6) is 0 Å². The number of halogens is 1. The molecule has 1 aliphatic carbocycles. The second-order valence-corrected chi connectivity index (χ2v) is 6.22. The minimum absolute atomic E-state index is 0.0997. The van der Waals surface area contributed by atoms with Gasteiger partial charge in [-0.15, -0.1) is 0 Å². The Morgan fingerprint density at radius 2 is 2.05 bits per heavy atom. The first-order valence-electron chi connectivity index (χ1n) is 8.03. The summed E-state index contributed by atoms with van der Waals surface area (Å²) in [6, 6.07) is 6.35. The van der Waals surface area contributed by atoms with Gasteiger partial charge in [-0.1, -0.05) is 13.0 Å². The molecule has 0 aromatic heterocycles. The first kappa shape index (κ1) is 14.0. The molecule has 1 unspecified atom stereocenters. The number of piperidine rings is 1. The van der Waals surface area contributed by atoms with E-state index in [-0.39, 0.29) is 5.82 Å². The summed E-state index contributed by atoms with van der Waals surface area (Å²) in [5.41, 5.74) is 2.52. The molecule has 0 amide bonds. The lowest BCUT2D eigenvalue weighted by Crippen LogP contribution is -2.43. The Labute approximate surface area is 121 Å². The molecule has 0 spiro atoms. The molecular weight excluding hydrogens is 251 g/mol. The van der Waals surface area contributed by atoms with Gasteiger partial charge in [-0.25, -0.2) is 4.39 Å². The number of nitrogens with one attached hydrogen (secondary N) is 1. The van der Waals surface area contributed by atoms with Crippen LogP contribution in [0.1, 0.15) is 49.8 Å². The van der Waals surface area contributed by atoms with Crippen LogP contribution in [-0.2, 0) is 6.42 Å². The molecule has 2 nitrogen and oxygen atoms in total. The van der Waals surface area contributed by atoms with E-state index in [1.807, 2.05) is 6.07 Å². The number of rotatable bonds is 4. The van der Waals surface area contributed by atoms with Gasteiger partial charge in [-0.05, 0) is 75.0 Å². The molecule has 1 fully saturated rings. The van der Waals surface area contributed by atoms with E-state index in [1.54, 1.807) is 12.1 Å². The number of nitrogens with zero attached hydrogens (tertiary/aromatic N) is 1. The van der Waals surface area contributed by atoms with Crippen molar-refractivity contribution in [3.63, 3.8) is 0 Å². The van der Waals surface area contributed by atoms with Gasteiger partial charge in [0.15, 0.2) is 0 Å². The fourth-order valence-corrected chi connectivity index (χ4v) is 3.68. The molecule has 1 aliphatic heterocycles. The van der Waals surface area contributed by atoms with E-state index in [2.05, 4.69) is 17.1 Å². The average Bonchev–Trinajstić information content (AvgIpc) is 2.83. The fraction of sp³-hybridized carbons (Fsp3) is 0.647. The van der Waals surface area contributed by atoms with E-state index < -0.39 is 0 Å². The Bertz CT molecular complexity index is 452. The number of likely N-dealkylation sites (tertiary alicyclic amines) is 1. The Balaban J connectivity index is 1.56. The lowest BCUT2D eigenvalue weighted by Gasteiger charge is -2.34. The van der Waals surface area contributed by atoms with Crippen molar-refractivity contribution in [1.29, 1.82) is 0 Å². The van der Waals surface area contributed by atoms with Crippen molar-refractivity contribution in [1.82, 2.24) is 10.2 Å². The van der Waals surface area contributed by atoms with Crippen LogP contribution in [0.25, 0.3) is 0 Å². The van der Waals surface area contributed by atoms with Gasteiger partial charge in [-0.3, -0.25) is 0 Å². The largest absolute Gasteiger partial charge is 0.307 e. The highest BCUT2D eigenvalue weighted by atomic mass is 19.1. The molecule has 20 heavy (non-hydrogen) atoms. The minimum atomic E-state index is -0.0997. The van der Waals surface area contributed by atoms with Gasteiger partial charge in [0.1, 0.15) is 5.82 Å². The summed E-state index contributed by atoms with van der Waals surface area (Å²) < 4.78 is 13.2. The normalized spacial score (nSPS) is 24.0. The van der Waals surface area contributed by atoms with Crippen molar-refractivity contribution in [3.8, 4) is 0 Å². The molecule has 3 heteroatoms. The second kappa shape index (κ2) is 6.23. The van der Waals surface area contributed by atoms with Crippen molar-refractivity contribution < 1.29 is 4.39 Å². The summed E-state index contributed by atoms with van der Waals surface area (Å²) in [7, 11) is 0. The molecule has 1 N–H and O–H groups in total. The third-order valence-corrected chi connectivity index (χ3v) is 4.75. The highest BCUT2D eigenvalue weighted by molar-refractivity contribution is 5.35. The number of benzene rings is 1. The van der Waals surface area contributed by atoms with Crippen LogP contribution in [0.4, 0.5) is 4.39 Å². The van der Waals surface area contributed by atoms with Crippen LogP contribution in [0.2, 0.25) is 0 Å². The zero-order valence-corrected chi connectivity index (χ0v) is 12.4. The van der Waals surface area contributed by atoms with E-state index in [4.69, 9.17) is 0 Å². The summed E-state index contributed by atoms with van der Waals surface area (Å²) in [5.74, 6) is -0.0997. The number of aryl methyl sites for hydroxylation is 1. The minimum Gasteiger partial charge on any atom is -0.307 e. The molecular formula is C17H25FN2. The van der Waals surface area contributed by atoms with Crippen LogP contribution in [0.15, 0.2) is 18.2 Å². The molecule has 1 atom stereocenters. The van der Waals surface area contributed by atoms with Gasteiger partial charge in [0.25, 0.3) is 0 Å². The zero-order valence-electron chi connectivity index (χ0n) is 12.4. The highest BCUT2D eigenvalue weighted by Gasteiger charge is 2.26. The van der Waals surface area contributed by atoms with Crippen LogP contribution in [0.3, 0.4) is 0 Å². The van der Waals surface area contributed by atoms with Crippen molar-refractivity contribution in [3.05, 3.63) is 35.1 Å². The number of fused-ring (bicyclic) bond motifs is 1. The molecule has 0 radical (unpaired) electrons. The third-order valence-electron chi connectivity index (χ3n) is 4.75. The fourth-order valence-electron chi connectivity index (χ4n) is 3.68. The van der Waals surface area contributed by atoms with Gasteiger partial charge in [0.05, 0.1) is 0 Å². The van der Waals surface area contributed by atoms with Crippen LogP contribution >= 0.6 is 0 Å². The van der Waals surface area contributed by atoms with Gasteiger partial charge < -0.3 is 10.2 Å². The van der Waals surface area contributed by atoms with Crippen molar-refractivity contribution in [2.75, 3.05) is 19.6 Å². The van der Waals surface area contributed by atoms with Crippen LogP contribution in [-0.4, -0.2) is 30.6 Å². The molecule has 0 saturated carbocycles. The maximum Gasteiger partial charge on any atom is 0.123 e. The monoisotopic (exact) mass is 276 g/mol. The molecule has 1 aromatic rings. The predicted octanol–water partition coefficient (Wildman–Crippen LogP) is 3.28. The van der Waals surface area contributed by atoms with Crippen LogP contribution in [0, 0.1) is 5.82 Å². The molecule has 110 valence electrons. The summed E-state index contributed by atoms with van der Waals surface area (Å²) in [6.07, 6.45) is 5.87. The summed E-state index contributed by atoms with van der Waals surface area (Å²) >= 11 is 0. The van der Waals surface area contributed by atoms with Gasteiger partial charge in [0, 0.05) is 12.1 Å². The molecule has 2 aliphatic rings. The molecule has 1 heterocycles. The maximum absolute atomic E-state index is 13.2. The van der Waals surface area contributed by atoms with Gasteiger partial charge in [0.2, 0.25) is 0 Å². The average molecular weight is 276 g/mol. The maximum atomic E-state index is 13.2. The van der Waals surface area contributed by atoms with Crippen molar-refractivity contribution in [2.24, 2.45) is 0 Å². The lowest BCUT2D eigenvalue weighted by molar-refractivity contribution is 0.191. The molecule has 3 rings (SSSR count). The summed E-state index contributed by atoms with van der Waals surface area (Å²) in [4.78, 5) is 2.57. The Morgan fingerprint density at radius 1 is 1.25 bits per heavy atom. The first-order chi connectivity index (χ1) is 9.76. The van der Waals surface area contributed by atoms with Crippen molar-refractivity contribution in [2.45, 2.75) is 51.1 Å². The SMILES string of the molecule is CCCN1CCC(NC2CCc3cc(F)ccc32)CC1. The molecule has 1 saturated heterocycles. The third kappa shape index (κ3) is 3.04. The van der Waals surface area contributed by atoms with E-state index >= 15 is 0 Å². The van der Waals surface area contributed by atoms with E-state index in [9.17, 15) is 4.39 Å². The van der Waals surface area contributed by atoms with Gasteiger partial charge >= 0.3 is 0 Å². The Hall–Kier alpha value is -0.930. The van der Waals surface area contributed by atoms with Crippen LogP contribution < -0.4 is 5.32 Å². The summed E-state index contributed by atoms with van der Waals surface area (Å²) in [5, 5.41) is 3.81. The number of hydrogen-bond acceptors (Lipinski definition) is 2. The van der Waals surface area contributed by atoms with Gasteiger partial charge in [-0.2, -0.15) is 0 Å². The highest BCUT2D eigenvalue weighted by Crippen LogP contribution is 2.32. The van der Waals surface area contributed by atoms with Crippen molar-refractivity contribution >= 4 is 0 Å². The number of hydrogen-bond donors (Lipinski definition) is 1. The topological polar surface area (TPSA) is 15.3 Å². The first-order valence-corrected chi connectivity index (χ1v) is 8.03. The standard InChI is InChI=1S/C17H25FN2/c1-2-9-20-10-7-15(8-11-20)19-17-6-3-13-12-14(18)4-5-16(13)17/h4-5,12,15,17,19H,2-3,6-11H2,1H3. The van der Waals surface area contributed by atoms with E-state index in [0.29, 0.717) is 12.1 Å². The predicted molar refractivity (Wildman–Crippen MR) is 80.4 cm³/mol. The summed E-state index contributed by atoms with van der Waals surface area (Å²) in [6.45, 7) is 5.92. The van der Waals surface area contributed by atoms with E-state index in [1.165, 1.54) is 50.0 Å². The Kier molecular flexibility index (Phi) is 4.37. The second-order valence-electron chi connectivity index (χ2n) is 6.22. The smallest absolute Gasteiger partial charge is 0.123 e. The zero-order chi connectivity index (χ0) is 13.9. The quantitative estimate of drug-likeness (QED) is 0.908. The lowest BCUT2D eigenvalue weighted by atomic mass is 10.0. The van der Waals surface area contributed by atoms with E-state index in [0.717, 1.165) is 12.8 Å². The molecule has 1 aromatic carbocycles.